The van der Waals surface area contributed by atoms with Gasteiger partial charge < -0.3 is 20.7 Å². The zero-order valence-electron chi connectivity index (χ0n) is 25.9. The first kappa shape index (κ1) is 34.8. The number of ether oxygens (including phenoxy) is 1. The molecule has 1 saturated heterocycles. The predicted molar refractivity (Wildman–Crippen MR) is 180 cm³/mol. The molecule has 0 aliphatic carbocycles. The highest BCUT2D eigenvalue weighted by molar-refractivity contribution is 8.02. The van der Waals surface area contributed by atoms with Crippen molar-refractivity contribution in [3.8, 4) is 11.1 Å². The standard InChI is InChI=1S/C31H34F2N4O2S.C4H10/c1-22-16-29(23-6-8-26(32)9-7-23)30(18-25(22)19-35-10-11-37-12-14-39-15-13-37)36(2)31(40-21-28(34)20-38)24-4-3-5-27(33)17-24;1-3-4-2/h3-9,16-21,31,35H,1,10-15,34H2,2H3;3-4H2,1-2H3/b25-19-,28-21-;. The first-order valence-corrected chi connectivity index (χ1v) is 15.9. The number of allylic oxidation sites excluding steroid dienone is 1. The third-order valence-corrected chi connectivity index (χ3v) is 8.44. The van der Waals surface area contributed by atoms with Crippen molar-refractivity contribution < 1.29 is 18.3 Å². The number of rotatable bonds is 12. The molecule has 3 aromatic carbocycles. The Bertz CT molecular complexity index is 1480. The molecule has 3 N–H and O–H groups in total. The average Bonchev–Trinajstić information content (AvgIpc) is 3.04. The topological polar surface area (TPSA) is 70.8 Å². The van der Waals surface area contributed by atoms with Crippen LogP contribution in [-0.4, -0.2) is 57.6 Å². The van der Waals surface area contributed by atoms with Crippen LogP contribution in [0.25, 0.3) is 23.9 Å². The summed E-state index contributed by atoms with van der Waals surface area (Å²) < 4.78 is 33.5. The summed E-state index contributed by atoms with van der Waals surface area (Å²) in [6.45, 7) is 13.6. The van der Waals surface area contributed by atoms with Crippen molar-refractivity contribution in [2.45, 2.75) is 32.1 Å². The van der Waals surface area contributed by atoms with Crippen LogP contribution in [0.2, 0.25) is 0 Å². The van der Waals surface area contributed by atoms with Crippen LogP contribution < -0.4 is 26.4 Å². The van der Waals surface area contributed by atoms with Crippen LogP contribution >= 0.6 is 11.8 Å². The van der Waals surface area contributed by atoms with Gasteiger partial charge in [-0.3, -0.25) is 9.69 Å². The molecular formula is C35H44F2N4O2S. The Morgan fingerprint density at radius 1 is 1.09 bits per heavy atom. The third-order valence-electron chi connectivity index (χ3n) is 7.18. The van der Waals surface area contributed by atoms with E-state index in [1.54, 1.807) is 23.6 Å². The minimum absolute atomic E-state index is 0.0742. The van der Waals surface area contributed by atoms with E-state index in [1.165, 1.54) is 48.9 Å². The molecule has 1 fully saturated rings. The second-order valence-corrected chi connectivity index (χ2v) is 11.5. The van der Waals surface area contributed by atoms with Gasteiger partial charge in [-0.1, -0.05) is 57.5 Å². The van der Waals surface area contributed by atoms with E-state index in [0.717, 1.165) is 66.6 Å². The molecular weight excluding hydrogens is 578 g/mol. The number of aldehydes is 1. The fourth-order valence-electron chi connectivity index (χ4n) is 4.52. The Balaban J connectivity index is 0.00000124. The molecule has 1 unspecified atom stereocenters. The summed E-state index contributed by atoms with van der Waals surface area (Å²) in [5.41, 5.74) is 9.02. The smallest absolute Gasteiger partial charge is 0.166 e. The van der Waals surface area contributed by atoms with Crippen molar-refractivity contribution in [3.63, 3.8) is 0 Å². The van der Waals surface area contributed by atoms with E-state index in [4.69, 9.17) is 10.5 Å². The fourth-order valence-corrected chi connectivity index (χ4v) is 5.46. The number of carbonyl (C=O) groups is 1. The van der Waals surface area contributed by atoms with Crippen molar-refractivity contribution >= 4 is 36.5 Å². The number of hydrogen-bond acceptors (Lipinski definition) is 7. The van der Waals surface area contributed by atoms with Gasteiger partial charge in [-0.25, -0.2) is 8.78 Å². The lowest BCUT2D eigenvalue weighted by Crippen LogP contribution is -2.40. The van der Waals surface area contributed by atoms with E-state index in [2.05, 4.69) is 30.6 Å². The van der Waals surface area contributed by atoms with Crippen LogP contribution in [-0.2, 0) is 9.53 Å². The van der Waals surface area contributed by atoms with Crippen molar-refractivity contribution in [2.24, 2.45) is 5.73 Å². The summed E-state index contributed by atoms with van der Waals surface area (Å²) in [7, 11) is 1.90. The Morgan fingerprint density at radius 3 is 2.43 bits per heavy atom. The van der Waals surface area contributed by atoms with E-state index in [0.29, 0.717) is 11.8 Å². The van der Waals surface area contributed by atoms with Gasteiger partial charge in [0.2, 0.25) is 0 Å². The largest absolute Gasteiger partial charge is 0.396 e. The number of benzene rings is 3. The summed E-state index contributed by atoms with van der Waals surface area (Å²) in [6, 6.07) is 16.6. The maximum atomic E-state index is 14.3. The zero-order valence-corrected chi connectivity index (χ0v) is 26.7. The molecule has 1 heterocycles. The zero-order chi connectivity index (χ0) is 31.9. The van der Waals surface area contributed by atoms with Gasteiger partial charge in [-0.05, 0) is 63.4 Å². The Morgan fingerprint density at radius 2 is 1.80 bits per heavy atom. The lowest BCUT2D eigenvalue weighted by atomic mass is 10.0. The molecule has 0 saturated carbocycles. The normalized spacial score (nSPS) is 14.8. The van der Waals surface area contributed by atoms with E-state index < -0.39 is 5.37 Å². The molecule has 4 rings (SSSR count). The number of hydrogen-bond donors (Lipinski definition) is 2. The minimum atomic E-state index is -0.425. The number of carbonyl (C=O) groups excluding carboxylic acids is 1. The Hall–Kier alpha value is -3.66. The van der Waals surface area contributed by atoms with Crippen LogP contribution in [0.3, 0.4) is 0 Å². The summed E-state index contributed by atoms with van der Waals surface area (Å²) in [5.74, 6) is -0.695. The van der Waals surface area contributed by atoms with E-state index in [9.17, 15) is 13.6 Å². The van der Waals surface area contributed by atoms with Gasteiger partial charge in [0.1, 0.15) is 17.0 Å². The van der Waals surface area contributed by atoms with E-state index in [1.807, 2.05) is 36.3 Å². The Labute approximate surface area is 264 Å². The molecule has 1 aliphatic rings. The number of nitrogens with zero attached hydrogens (tertiary/aromatic N) is 2. The van der Waals surface area contributed by atoms with Crippen LogP contribution in [0.4, 0.5) is 14.5 Å². The molecule has 0 radical (unpaired) electrons. The van der Waals surface area contributed by atoms with Crippen LogP contribution in [0.5, 0.6) is 0 Å². The van der Waals surface area contributed by atoms with Crippen molar-refractivity contribution in [2.75, 3.05) is 51.3 Å². The van der Waals surface area contributed by atoms with Gasteiger partial charge in [0.05, 0.1) is 18.9 Å². The number of thioether (sulfide) groups is 1. The second kappa shape index (κ2) is 18.2. The highest BCUT2D eigenvalue weighted by Gasteiger charge is 2.21. The highest BCUT2D eigenvalue weighted by Crippen LogP contribution is 2.39. The van der Waals surface area contributed by atoms with E-state index >= 15 is 0 Å². The number of nitrogens with one attached hydrogen (secondary N) is 1. The molecule has 3 aromatic rings. The Kier molecular flexibility index (Phi) is 14.4. The predicted octanol–water partition coefficient (Wildman–Crippen LogP) is 5.38. The number of morpholine rings is 1. The van der Waals surface area contributed by atoms with Gasteiger partial charge in [-0.2, -0.15) is 0 Å². The second-order valence-electron chi connectivity index (χ2n) is 10.5. The van der Waals surface area contributed by atoms with Gasteiger partial charge >= 0.3 is 0 Å². The quantitative estimate of drug-likeness (QED) is 0.122. The summed E-state index contributed by atoms with van der Waals surface area (Å²) >= 11 is 1.30. The molecule has 6 nitrogen and oxygen atoms in total. The minimum Gasteiger partial charge on any atom is -0.396 e. The maximum Gasteiger partial charge on any atom is 0.166 e. The monoisotopic (exact) mass is 622 g/mol. The lowest BCUT2D eigenvalue weighted by molar-refractivity contribution is -0.104. The summed E-state index contributed by atoms with van der Waals surface area (Å²) in [4.78, 5) is 15.5. The SMILES string of the molecule is C=c1cc(-c2ccc(F)cc2)c(N(C)C(S/C=C(\N)C=O)c2cccc(F)c2)c/c1=C/NCCN1CCOCC1.CCCC. The van der Waals surface area contributed by atoms with Gasteiger partial charge in [0.15, 0.2) is 6.29 Å². The molecule has 1 aliphatic heterocycles. The number of anilines is 1. The molecule has 1 atom stereocenters. The van der Waals surface area contributed by atoms with Crippen LogP contribution in [0.1, 0.15) is 37.6 Å². The fraction of sp³-hybridized carbons (Fsp3) is 0.343. The van der Waals surface area contributed by atoms with Gasteiger partial charge in [0.25, 0.3) is 0 Å². The summed E-state index contributed by atoms with van der Waals surface area (Å²) in [6.07, 6.45) is 5.16. The first-order valence-electron chi connectivity index (χ1n) is 14.9. The highest BCUT2D eigenvalue weighted by atomic mass is 32.2. The number of nitrogens with two attached hydrogens (primary N) is 1. The summed E-state index contributed by atoms with van der Waals surface area (Å²) in [5, 5.41) is 6.23. The maximum absolute atomic E-state index is 14.3. The molecule has 0 bridgehead atoms. The molecule has 0 aromatic heterocycles. The van der Waals surface area contributed by atoms with Crippen molar-refractivity contribution in [1.29, 1.82) is 0 Å². The van der Waals surface area contributed by atoms with Crippen molar-refractivity contribution in [3.05, 3.63) is 99.4 Å². The van der Waals surface area contributed by atoms with E-state index in [-0.39, 0.29) is 17.3 Å². The molecule has 236 valence electrons. The first-order chi connectivity index (χ1) is 21.3. The molecule has 0 spiro atoms. The average molecular weight is 623 g/mol. The van der Waals surface area contributed by atoms with Crippen LogP contribution in [0.15, 0.2) is 71.8 Å². The van der Waals surface area contributed by atoms with Crippen LogP contribution in [0, 0.1) is 11.6 Å². The number of unbranched alkanes of at least 4 members (excludes halogenated alkanes) is 1. The number of halogens is 2. The molecule has 9 heteroatoms. The molecule has 44 heavy (non-hydrogen) atoms. The lowest BCUT2D eigenvalue weighted by Gasteiger charge is -2.31. The third kappa shape index (κ3) is 10.5. The molecule has 0 amide bonds. The van der Waals surface area contributed by atoms with Crippen molar-refractivity contribution in [1.82, 2.24) is 10.2 Å². The van der Waals surface area contributed by atoms with Gasteiger partial charge in [0, 0.05) is 50.7 Å². The van der Waals surface area contributed by atoms with Gasteiger partial charge in [-0.15, -0.1) is 11.8 Å².